The van der Waals surface area contributed by atoms with Gasteiger partial charge in [0.15, 0.2) is 0 Å². The van der Waals surface area contributed by atoms with Gasteiger partial charge in [-0.1, -0.05) is 11.6 Å². The van der Waals surface area contributed by atoms with Crippen LogP contribution in [0, 0.1) is 15.9 Å². The molecule has 0 radical (unpaired) electrons. The Morgan fingerprint density at radius 3 is 2.57 bits per heavy atom. The van der Waals surface area contributed by atoms with Gasteiger partial charge in [-0.3, -0.25) is 10.1 Å². The van der Waals surface area contributed by atoms with E-state index in [1.807, 2.05) is 0 Å². The highest BCUT2D eigenvalue weighted by atomic mass is 35.5. The zero-order valence-corrected chi connectivity index (χ0v) is 11.1. The summed E-state index contributed by atoms with van der Waals surface area (Å²) in [6.45, 7) is 0. The van der Waals surface area contributed by atoms with Crippen LogP contribution in [0.25, 0.3) is 0 Å². The molecule has 0 saturated heterocycles. The van der Waals surface area contributed by atoms with Crippen molar-refractivity contribution < 1.29 is 19.2 Å². The van der Waals surface area contributed by atoms with Crippen LogP contribution < -0.4 is 5.32 Å². The number of carboxylic acids is 1. The average molecular weight is 311 g/mol. The number of anilines is 2. The van der Waals surface area contributed by atoms with Gasteiger partial charge in [-0.15, -0.1) is 0 Å². The van der Waals surface area contributed by atoms with Crippen LogP contribution in [0.3, 0.4) is 0 Å². The summed E-state index contributed by atoms with van der Waals surface area (Å²) in [5.74, 6) is -1.91. The van der Waals surface area contributed by atoms with E-state index in [1.54, 1.807) is 0 Å². The van der Waals surface area contributed by atoms with E-state index in [9.17, 15) is 19.3 Å². The highest BCUT2D eigenvalue weighted by molar-refractivity contribution is 6.33. The van der Waals surface area contributed by atoms with Gasteiger partial charge in [0.25, 0.3) is 5.69 Å². The molecule has 0 atom stereocenters. The van der Waals surface area contributed by atoms with E-state index < -0.39 is 22.4 Å². The molecular formula is C13H8ClFN2O4. The SMILES string of the molecule is O=C(O)c1ccc(Nc2ccc(F)cc2[N+](=O)[O-])cc1Cl. The first-order valence-corrected chi connectivity index (χ1v) is 6.00. The molecule has 8 heteroatoms. The number of hydrogen-bond donors (Lipinski definition) is 2. The molecule has 6 nitrogen and oxygen atoms in total. The smallest absolute Gasteiger partial charge is 0.337 e. The number of nitro benzene ring substituents is 1. The second-order valence-electron chi connectivity index (χ2n) is 4.04. The molecule has 0 saturated carbocycles. The monoisotopic (exact) mass is 310 g/mol. The third-order valence-electron chi connectivity index (χ3n) is 2.63. The zero-order chi connectivity index (χ0) is 15.6. The molecule has 0 spiro atoms. The van der Waals surface area contributed by atoms with Crippen molar-refractivity contribution in [1.82, 2.24) is 0 Å². The maximum atomic E-state index is 13.0. The Morgan fingerprint density at radius 2 is 2.00 bits per heavy atom. The average Bonchev–Trinajstić information content (AvgIpc) is 2.40. The number of aromatic carboxylic acids is 1. The summed E-state index contributed by atoms with van der Waals surface area (Å²) in [4.78, 5) is 21.0. The van der Waals surface area contributed by atoms with Crippen LogP contribution >= 0.6 is 11.6 Å². The third-order valence-corrected chi connectivity index (χ3v) is 2.95. The number of rotatable bonds is 4. The van der Waals surface area contributed by atoms with Gasteiger partial charge in [0, 0.05) is 5.69 Å². The largest absolute Gasteiger partial charge is 0.478 e. The van der Waals surface area contributed by atoms with Crippen LogP contribution in [0.2, 0.25) is 5.02 Å². The summed E-state index contributed by atoms with van der Waals surface area (Å²) in [7, 11) is 0. The number of benzene rings is 2. The Balaban J connectivity index is 2.37. The molecule has 2 aromatic carbocycles. The first-order valence-electron chi connectivity index (χ1n) is 5.62. The van der Waals surface area contributed by atoms with Crippen molar-refractivity contribution in [2.75, 3.05) is 5.32 Å². The van der Waals surface area contributed by atoms with E-state index in [1.165, 1.54) is 24.3 Å². The Bertz CT molecular complexity index is 736. The Hall–Kier alpha value is -2.67. The van der Waals surface area contributed by atoms with E-state index in [-0.39, 0.29) is 16.3 Å². The van der Waals surface area contributed by atoms with Gasteiger partial charge in [0.2, 0.25) is 0 Å². The van der Waals surface area contributed by atoms with Gasteiger partial charge in [-0.2, -0.15) is 0 Å². The summed E-state index contributed by atoms with van der Waals surface area (Å²) in [6, 6.07) is 7.06. The van der Waals surface area contributed by atoms with Crippen molar-refractivity contribution in [3.05, 3.63) is 62.9 Å². The standard InChI is InChI=1S/C13H8ClFN2O4/c14-10-6-8(2-3-9(10)13(18)19)16-11-4-1-7(15)5-12(11)17(20)21/h1-6,16H,(H,18,19). The van der Waals surface area contributed by atoms with E-state index >= 15 is 0 Å². The molecule has 2 aromatic rings. The summed E-state index contributed by atoms with van der Waals surface area (Å²) in [6.07, 6.45) is 0. The van der Waals surface area contributed by atoms with Gasteiger partial charge >= 0.3 is 5.97 Å². The summed E-state index contributed by atoms with van der Waals surface area (Å²) in [5.41, 5.74) is -0.107. The summed E-state index contributed by atoms with van der Waals surface area (Å²) < 4.78 is 13.0. The van der Waals surface area contributed by atoms with Gasteiger partial charge in [0.1, 0.15) is 11.5 Å². The maximum absolute atomic E-state index is 13.0. The lowest BCUT2D eigenvalue weighted by Crippen LogP contribution is -2.00. The minimum atomic E-state index is -1.18. The highest BCUT2D eigenvalue weighted by Gasteiger charge is 2.16. The van der Waals surface area contributed by atoms with E-state index in [0.717, 1.165) is 12.1 Å². The molecule has 2 N–H and O–H groups in total. The lowest BCUT2D eigenvalue weighted by atomic mass is 10.2. The lowest BCUT2D eigenvalue weighted by Gasteiger charge is -2.08. The molecule has 0 amide bonds. The van der Waals surface area contributed by atoms with Crippen molar-refractivity contribution >= 4 is 34.6 Å². The van der Waals surface area contributed by atoms with E-state index in [4.69, 9.17) is 16.7 Å². The van der Waals surface area contributed by atoms with E-state index in [2.05, 4.69) is 5.32 Å². The fourth-order valence-corrected chi connectivity index (χ4v) is 1.94. The molecule has 0 unspecified atom stereocenters. The van der Waals surface area contributed by atoms with Crippen molar-refractivity contribution in [2.24, 2.45) is 0 Å². The molecule has 0 aromatic heterocycles. The van der Waals surface area contributed by atoms with Crippen LogP contribution in [0.1, 0.15) is 10.4 Å². The Labute approximate surface area is 122 Å². The first-order chi connectivity index (χ1) is 9.88. The molecule has 0 heterocycles. The molecule has 21 heavy (non-hydrogen) atoms. The number of nitrogens with zero attached hydrogens (tertiary/aromatic N) is 1. The summed E-state index contributed by atoms with van der Waals surface area (Å²) in [5, 5.41) is 22.4. The number of nitro groups is 1. The predicted octanol–water partition coefficient (Wildman–Crippen LogP) is 3.83. The normalized spacial score (nSPS) is 10.2. The van der Waals surface area contributed by atoms with E-state index in [0.29, 0.717) is 5.69 Å². The first kappa shape index (κ1) is 14.7. The number of carbonyl (C=O) groups is 1. The summed E-state index contributed by atoms with van der Waals surface area (Å²) >= 11 is 5.80. The molecule has 108 valence electrons. The molecule has 0 aliphatic carbocycles. The minimum Gasteiger partial charge on any atom is -0.478 e. The predicted molar refractivity (Wildman–Crippen MR) is 74.7 cm³/mol. The number of halogens is 2. The van der Waals surface area contributed by atoms with Gasteiger partial charge in [-0.05, 0) is 30.3 Å². The number of nitrogens with one attached hydrogen (secondary N) is 1. The number of hydrogen-bond acceptors (Lipinski definition) is 4. The molecule has 0 aliphatic rings. The zero-order valence-electron chi connectivity index (χ0n) is 10.3. The van der Waals surface area contributed by atoms with Crippen molar-refractivity contribution in [3.8, 4) is 0 Å². The molecular weight excluding hydrogens is 303 g/mol. The minimum absolute atomic E-state index is 0.0164. The van der Waals surface area contributed by atoms with Crippen LogP contribution in [-0.2, 0) is 0 Å². The molecule has 0 fully saturated rings. The highest BCUT2D eigenvalue weighted by Crippen LogP contribution is 2.30. The topological polar surface area (TPSA) is 92.5 Å². The fraction of sp³-hybridized carbons (Fsp3) is 0. The van der Waals surface area contributed by atoms with Crippen molar-refractivity contribution in [2.45, 2.75) is 0 Å². The van der Waals surface area contributed by atoms with Crippen LogP contribution in [0.4, 0.5) is 21.5 Å². The molecule has 0 bridgehead atoms. The van der Waals surface area contributed by atoms with Crippen molar-refractivity contribution in [3.63, 3.8) is 0 Å². The fourth-order valence-electron chi connectivity index (χ4n) is 1.68. The van der Waals surface area contributed by atoms with Crippen LogP contribution in [0.5, 0.6) is 0 Å². The van der Waals surface area contributed by atoms with Crippen LogP contribution in [0.15, 0.2) is 36.4 Å². The lowest BCUT2D eigenvalue weighted by molar-refractivity contribution is -0.384. The van der Waals surface area contributed by atoms with Gasteiger partial charge in [-0.25, -0.2) is 9.18 Å². The number of carboxylic acid groups (broad SMARTS) is 1. The molecule has 2 rings (SSSR count). The van der Waals surface area contributed by atoms with Crippen LogP contribution in [-0.4, -0.2) is 16.0 Å². The maximum Gasteiger partial charge on any atom is 0.337 e. The van der Waals surface area contributed by atoms with Gasteiger partial charge < -0.3 is 10.4 Å². The van der Waals surface area contributed by atoms with Gasteiger partial charge in [0.05, 0.1) is 21.6 Å². The van der Waals surface area contributed by atoms with Crippen molar-refractivity contribution in [1.29, 1.82) is 0 Å². The Kier molecular flexibility index (Phi) is 4.04. The third kappa shape index (κ3) is 3.26. The quantitative estimate of drug-likeness (QED) is 0.661. The second-order valence-corrected chi connectivity index (χ2v) is 4.45. The Morgan fingerprint density at radius 1 is 1.29 bits per heavy atom. The molecule has 0 aliphatic heterocycles. The second kappa shape index (κ2) is 5.76.